The fourth-order valence-electron chi connectivity index (χ4n) is 2.54. The van der Waals surface area contributed by atoms with Gasteiger partial charge in [-0.3, -0.25) is 9.00 Å². The Bertz CT molecular complexity index is 374. The molecular weight excluding hydrogens is 256 g/mol. The Balaban J connectivity index is 1.76. The molecule has 4 atom stereocenters. The molecule has 2 fully saturated rings. The van der Waals surface area contributed by atoms with Crippen LogP contribution in [0.15, 0.2) is 0 Å². The molecule has 0 aromatic rings. The molecule has 6 nitrogen and oxygen atoms in total. The second kappa shape index (κ2) is 5.69. The van der Waals surface area contributed by atoms with Crippen LogP contribution in [-0.2, 0) is 20.3 Å². The monoisotopic (exact) mass is 274 g/mol. The van der Waals surface area contributed by atoms with Gasteiger partial charge in [0.25, 0.3) is 0 Å². The van der Waals surface area contributed by atoms with Crippen molar-refractivity contribution in [3.63, 3.8) is 0 Å². The maximum atomic E-state index is 11.9. The summed E-state index contributed by atoms with van der Waals surface area (Å²) in [4.78, 5) is 22.1. The number of unbranched alkanes of at least 4 members (excludes halogenated alkanes) is 1. The van der Waals surface area contributed by atoms with E-state index in [2.05, 4.69) is 15.4 Å². The Hall–Kier alpha value is -1.11. The number of rotatable bonds is 5. The molecule has 2 N–H and O–H groups in total. The maximum absolute atomic E-state index is 11.9. The first-order valence-corrected chi connectivity index (χ1v) is 7.51. The summed E-state index contributed by atoms with van der Waals surface area (Å²) in [6.45, 7) is 0. The number of ether oxygens (including phenoxy) is 1. The van der Waals surface area contributed by atoms with Crippen LogP contribution in [0.2, 0.25) is 0 Å². The van der Waals surface area contributed by atoms with Gasteiger partial charge >= 0.3 is 12.0 Å². The van der Waals surface area contributed by atoms with Crippen molar-refractivity contribution in [2.45, 2.75) is 43.0 Å². The van der Waals surface area contributed by atoms with Crippen molar-refractivity contribution in [3.05, 3.63) is 0 Å². The fraction of sp³-hybridized carbons (Fsp3) is 0.818. The third kappa shape index (κ3) is 2.82. The Kier molecular flexibility index (Phi) is 4.21. The number of hydrogen-bond acceptors (Lipinski definition) is 4. The summed E-state index contributed by atoms with van der Waals surface area (Å²) in [5, 5.41) is 5.61. The van der Waals surface area contributed by atoms with E-state index < -0.39 is 10.8 Å². The standard InChI is InChI=1S/C11H18N2O4S/c1-17-9(14)5-3-2-4-8-10-7(6-18(8)16)12-11(15)13-10/h7-8,10H,2-6H2,1H3,(H2,12,13,15)/t7-,8-,10-,18?/m0/s1. The molecule has 2 amide bonds. The largest absolute Gasteiger partial charge is 0.469 e. The highest BCUT2D eigenvalue weighted by molar-refractivity contribution is 7.86. The highest BCUT2D eigenvalue weighted by Crippen LogP contribution is 2.25. The molecule has 2 aliphatic heterocycles. The number of amides is 2. The van der Waals surface area contributed by atoms with Crippen molar-refractivity contribution in [1.82, 2.24) is 10.6 Å². The minimum absolute atomic E-state index is 0.00365. The van der Waals surface area contributed by atoms with Crippen molar-refractivity contribution < 1.29 is 18.5 Å². The fourth-order valence-corrected chi connectivity index (χ4v) is 4.45. The number of urea groups is 1. The van der Waals surface area contributed by atoms with Crippen LogP contribution in [-0.4, -0.2) is 46.4 Å². The lowest BCUT2D eigenvalue weighted by Crippen LogP contribution is -2.38. The Morgan fingerprint density at radius 2 is 2.22 bits per heavy atom. The van der Waals surface area contributed by atoms with Crippen molar-refractivity contribution >= 4 is 22.8 Å². The van der Waals surface area contributed by atoms with Crippen molar-refractivity contribution in [1.29, 1.82) is 0 Å². The van der Waals surface area contributed by atoms with Crippen molar-refractivity contribution in [2.24, 2.45) is 0 Å². The molecule has 0 aromatic carbocycles. The quantitative estimate of drug-likeness (QED) is 0.416. The van der Waals surface area contributed by atoms with Gasteiger partial charge in [0.1, 0.15) is 0 Å². The summed E-state index contributed by atoms with van der Waals surface area (Å²) in [5.41, 5.74) is 0. The summed E-state index contributed by atoms with van der Waals surface area (Å²) in [5.74, 6) is 0.321. The minimum atomic E-state index is -0.894. The normalized spacial score (nSPS) is 33.7. The highest BCUT2D eigenvalue weighted by Gasteiger charge is 2.46. The number of esters is 1. The van der Waals surface area contributed by atoms with Crippen LogP contribution >= 0.6 is 0 Å². The number of nitrogens with one attached hydrogen (secondary N) is 2. The third-order valence-corrected chi connectivity index (χ3v) is 5.37. The van der Waals surface area contributed by atoms with Gasteiger partial charge in [-0.2, -0.15) is 0 Å². The molecule has 2 heterocycles. The number of carbonyl (C=O) groups is 2. The molecular formula is C11H18N2O4S. The molecule has 0 aromatic heterocycles. The van der Waals surface area contributed by atoms with Gasteiger partial charge in [0, 0.05) is 23.0 Å². The Morgan fingerprint density at radius 1 is 1.44 bits per heavy atom. The Morgan fingerprint density at radius 3 is 2.94 bits per heavy atom. The lowest BCUT2D eigenvalue weighted by Gasteiger charge is -2.15. The molecule has 2 aliphatic rings. The average Bonchev–Trinajstić information content (AvgIpc) is 2.81. The molecule has 7 heteroatoms. The van der Waals surface area contributed by atoms with E-state index >= 15 is 0 Å². The van der Waals surface area contributed by atoms with Gasteiger partial charge in [0.2, 0.25) is 0 Å². The molecule has 0 bridgehead atoms. The summed E-state index contributed by atoms with van der Waals surface area (Å²) < 4.78 is 16.5. The zero-order valence-corrected chi connectivity index (χ0v) is 11.1. The van der Waals surface area contributed by atoms with Gasteiger partial charge in [0.15, 0.2) is 0 Å². The predicted octanol–water partition coefficient (Wildman–Crippen LogP) is -0.0993. The molecule has 102 valence electrons. The van der Waals surface area contributed by atoms with Crippen molar-refractivity contribution in [3.8, 4) is 0 Å². The van der Waals surface area contributed by atoms with Crippen molar-refractivity contribution in [2.75, 3.05) is 12.9 Å². The van der Waals surface area contributed by atoms with E-state index in [1.165, 1.54) is 7.11 Å². The molecule has 2 rings (SSSR count). The van der Waals surface area contributed by atoms with Gasteiger partial charge in [-0.15, -0.1) is 0 Å². The van der Waals surface area contributed by atoms with Crippen LogP contribution in [0.5, 0.6) is 0 Å². The summed E-state index contributed by atoms with van der Waals surface area (Å²) in [6.07, 6.45) is 2.73. The van der Waals surface area contributed by atoms with Gasteiger partial charge in [0.05, 0.1) is 24.4 Å². The van der Waals surface area contributed by atoms with E-state index in [1.54, 1.807) is 0 Å². The van der Waals surface area contributed by atoms with E-state index in [9.17, 15) is 13.8 Å². The number of carbonyl (C=O) groups excluding carboxylic acids is 2. The maximum Gasteiger partial charge on any atom is 0.315 e. The first kappa shape index (κ1) is 13.3. The van der Waals surface area contributed by atoms with E-state index in [0.29, 0.717) is 12.2 Å². The number of hydrogen-bond donors (Lipinski definition) is 2. The molecule has 1 unspecified atom stereocenters. The Labute approximate surface area is 108 Å². The van der Waals surface area contributed by atoms with Crippen LogP contribution in [0.3, 0.4) is 0 Å². The third-order valence-electron chi connectivity index (χ3n) is 3.48. The number of methoxy groups -OCH3 is 1. The van der Waals surface area contributed by atoms with E-state index in [0.717, 1.165) is 19.3 Å². The van der Waals surface area contributed by atoms with Crippen LogP contribution in [0.4, 0.5) is 4.79 Å². The second-order valence-corrected chi connectivity index (χ2v) is 6.36. The summed E-state index contributed by atoms with van der Waals surface area (Å²) in [6, 6.07) is -0.179. The molecule has 0 spiro atoms. The summed E-state index contributed by atoms with van der Waals surface area (Å²) >= 11 is 0. The topological polar surface area (TPSA) is 84.5 Å². The van der Waals surface area contributed by atoms with Gasteiger partial charge in [-0.25, -0.2) is 4.79 Å². The van der Waals surface area contributed by atoms with E-state index in [1.807, 2.05) is 0 Å². The van der Waals surface area contributed by atoms with Crippen LogP contribution < -0.4 is 10.6 Å². The van der Waals surface area contributed by atoms with Gasteiger partial charge < -0.3 is 15.4 Å². The molecule has 0 radical (unpaired) electrons. The zero-order chi connectivity index (χ0) is 13.1. The zero-order valence-electron chi connectivity index (χ0n) is 10.3. The smallest absolute Gasteiger partial charge is 0.315 e. The van der Waals surface area contributed by atoms with Crippen LogP contribution in [0.1, 0.15) is 25.7 Å². The predicted molar refractivity (Wildman–Crippen MR) is 66.5 cm³/mol. The number of fused-ring (bicyclic) bond motifs is 1. The van der Waals surface area contributed by atoms with E-state index in [4.69, 9.17) is 0 Å². The molecule has 0 aliphatic carbocycles. The van der Waals surface area contributed by atoms with E-state index in [-0.39, 0.29) is 29.3 Å². The minimum Gasteiger partial charge on any atom is -0.469 e. The average molecular weight is 274 g/mol. The molecule has 0 saturated carbocycles. The molecule has 18 heavy (non-hydrogen) atoms. The van der Waals surface area contributed by atoms with Crippen LogP contribution in [0, 0.1) is 0 Å². The first-order valence-electron chi connectivity index (χ1n) is 6.13. The SMILES string of the molecule is COC(=O)CCCC[C@H]1[C@H]2NC(=O)N[C@H]2CS1=O. The van der Waals surface area contributed by atoms with Gasteiger partial charge in [-0.05, 0) is 12.8 Å². The lowest BCUT2D eigenvalue weighted by atomic mass is 10.0. The second-order valence-electron chi connectivity index (χ2n) is 4.66. The molecule has 2 saturated heterocycles. The van der Waals surface area contributed by atoms with Gasteiger partial charge in [-0.1, -0.05) is 6.42 Å². The highest BCUT2D eigenvalue weighted by atomic mass is 32.2. The lowest BCUT2D eigenvalue weighted by molar-refractivity contribution is -0.140. The summed E-state index contributed by atoms with van der Waals surface area (Å²) in [7, 11) is 0.480. The van der Waals surface area contributed by atoms with Crippen LogP contribution in [0.25, 0.3) is 0 Å². The first-order chi connectivity index (χ1) is 8.61.